The van der Waals surface area contributed by atoms with Gasteiger partial charge in [-0.3, -0.25) is 4.79 Å². The molecule has 0 spiro atoms. The molecule has 1 fully saturated rings. The van der Waals surface area contributed by atoms with Crippen molar-refractivity contribution in [2.75, 3.05) is 16.0 Å². The van der Waals surface area contributed by atoms with E-state index in [2.05, 4.69) is 30.7 Å². The number of hydrogen-bond acceptors (Lipinski definition) is 6. The molecule has 1 saturated carbocycles. The van der Waals surface area contributed by atoms with Gasteiger partial charge < -0.3 is 20.7 Å². The van der Waals surface area contributed by atoms with Crippen LogP contribution in [0.3, 0.4) is 0 Å². The molecule has 0 unspecified atom stereocenters. The average Bonchev–Trinajstić information content (AvgIpc) is 3.27. The number of nitrogens with zero attached hydrogens (tertiary/aromatic N) is 2. The molecular formula is C24H24F3N5O2. The third-order valence-corrected chi connectivity index (χ3v) is 5.26. The van der Waals surface area contributed by atoms with Crippen molar-refractivity contribution in [3.63, 3.8) is 0 Å². The Balaban J connectivity index is 1.63. The van der Waals surface area contributed by atoms with Crippen LogP contribution in [0, 0.1) is 0 Å². The number of hydrogen-bond donors (Lipinski definition) is 3. The molecule has 0 saturated heterocycles. The molecule has 178 valence electrons. The number of amides is 1. The molecule has 3 aromatic rings. The summed E-state index contributed by atoms with van der Waals surface area (Å²) in [6.07, 6.45) is -0.513. The van der Waals surface area contributed by atoms with Crippen LogP contribution in [-0.4, -0.2) is 28.3 Å². The number of nitrogens with one attached hydrogen (secondary N) is 3. The fourth-order valence-electron chi connectivity index (χ4n) is 3.82. The van der Waals surface area contributed by atoms with Crippen LogP contribution in [0.25, 0.3) is 11.3 Å². The highest BCUT2D eigenvalue weighted by molar-refractivity contribution is 5.88. The number of carbonyl (C=O) groups excluding carboxylic acids is 1. The lowest BCUT2D eigenvalue weighted by atomic mass is 10.1. The van der Waals surface area contributed by atoms with E-state index in [-0.39, 0.29) is 17.7 Å². The maximum atomic E-state index is 12.7. The van der Waals surface area contributed by atoms with E-state index in [0.717, 1.165) is 31.4 Å². The Bertz CT molecular complexity index is 1150. The third-order valence-electron chi connectivity index (χ3n) is 5.26. The Morgan fingerprint density at radius 1 is 1.00 bits per heavy atom. The second-order valence-corrected chi connectivity index (χ2v) is 8.05. The molecule has 0 bridgehead atoms. The molecule has 7 nitrogen and oxygen atoms in total. The molecule has 1 amide bonds. The molecule has 1 heterocycles. The number of rotatable bonds is 7. The van der Waals surface area contributed by atoms with Gasteiger partial charge in [0.1, 0.15) is 11.6 Å². The highest BCUT2D eigenvalue weighted by Crippen LogP contribution is 2.30. The van der Waals surface area contributed by atoms with Crippen molar-refractivity contribution in [3.8, 4) is 17.0 Å². The van der Waals surface area contributed by atoms with Crippen molar-refractivity contribution in [2.24, 2.45) is 0 Å². The first-order valence-electron chi connectivity index (χ1n) is 10.9. The van der Waals surface area contributed by atoms with E-state index in [0.29, 0.717) is 28.7 Å². The van der Waals surface area contributed by atoms with Crippen molar-refractivity contribution in [2.45, 2.75) is 45.0 Å². The Morgan fingerprint density at radius 3 is 2.38 bits per heavy atom. The maximum absolute atomic E-state index is 12.7. The molecule has 34 heavy (non-hydrogen) atoms. The van der Waals surface area contributed by atoms with E-state index < -0.39 is 6.36 Å². The van der Waals surface area contributed by atoms with Crippen molar-refractivity contribution >= 4 is 29.0 Å². The van der Waals surface area contributed by atoms with E-state index in [1.807, 2.05) is 0 Å². The van der Waals surface area contributed by atoms with Crippen LogP contribution in [0.2, 0.25) is 0 Å². The lowest BCUT2D eigenvalue weighted by Gasteiger charge is -2.16. The molecule has 0 radical (unpaired) electrons. The summed E-state index contributed by atoms with van der Waals surface area (Å²) in [5.41, 5.74) is 2.29. The molecule has 4 rings (SSSR count). The van der Waals surface area contributed by atoms with E-state index >= 15 is 0 Å². The van der Waals surface area contributed by atoms with Gasteiger partial charge in [0, 0.05) is 36.0 Å². The van der Waals surface area contributed by atoms with E-state index in [1.165, 1.54) is 25.1 Å². The molecule has 2 aromatic carbocycles. The van der Waals surface area contributed by atoms with Crippen molar-refractivity contribution in [1.29, 1.82) is 0 Å². The molecule has 3 N–H and O–H groups in total. The smallest absolute Gasteiger partial charge is 0.406 e. The summed E-state index contributed by atoms with van der Waals surface area (Å²) in [5.74, 6) is 0.376. The van der Waals surface area contributed by atoms with Crippen molar-refractivity contribution in [1.82, 2.24) is 9.97 Å². The molecule has 10 heteroatoms. The SMILES string of the molecule is CC(=O)Nc1ccc(Nc2cc(-c3cccc(OC(F)(F)F)c3)nc(NC3CCCC3)n2)cc1. The lowest BCUT2D eigenvalue weighted by Crippen LogP contribution is -2.17. The van der Waals surface area contributed by atoms with Gasteiger partial charge in [0.25, 0.3) is 0 Å². The molecule has 1 aliphatic rings. The topological polar surface area (TPSA) is 88.2 Å². The Kier molecular flexibility index (Phi) is 6.85. The first-order valence-corrected chi connectivity index (χ1v) is 10.9. The summed E-state index contributed by atoms with van der Waals surface area (Å²) in [6.45, 7) is 1.43. The molecule has 0 aliphatic heterocycles. The van der Waals surface area contributed by atoms with Crippen LogP contribution in [0.1, 0.15) is 32.6 Å². The summed E-state index contributed by atoms with van der Waals surface area (Å²) in [6, 6.07) is 14.7. The van der Waals surface area contributed by atoms with E-state index in [1.54, 1.807) is 36.4 Å². The van der Waals surface area contributed by atoms with E-state index in [4.69, 9.17) is 0 Å². The molecule has 0 atom stereocenters. The standard InChI is InChI=1S/C24H24F3N5O2/c1-15(33)28-18-9-11-19(12-10-18)29-22-14-21(31-23(32-22)30-17-6-2-3-7-17)16-5-4-8-20(13-16)34-24(25,26)27/h4-5,8-14,17H,2-3,6-7H2,1H3,(H,28,33)(H2,29,30,31,32). The van der Waals surface area contributed by atoms with Gasteiger partial charge in [0.2, 0.25) is 11.9 Å². The second-order valence-electron chi connectivity index (χ2n) is 8.05. The fourth-order valence-corrected chi connectivity index (χ4v) is 3.82. The molecule has 1 aliphatic carbocycles. The number of halogens is 3. The van der Waals surface area contributed by atoms with Crippen LogP contribution in [-0.2, 0) is 4.79 Å². The highest BCUT2D eigenvalue weighted by Gasteiger charge is 2.31. The summed E-state index contributed by atoms with van der Waals surface area (Å²) in [4.78, 5) is 20.3. The van der Waals surface area contributed by atoms with Gasteiger partial charge in [-0.25, -0.2) is 4.98 Å². The minimum atomic E-state index is -4.78. The number of ether oxygens (including phenoxy) is 1. The number of benzene rings is 2. The minimum absolute atomic E-state index is 0.166. The molecular weight excluding hydrogens is 447 g/mol. The van der Waals surface area contributed by atoms with Crippen LogP contribution in [0.15, 0.2) is 54.6 Å². The van der Waals surface area contributed by atoms with Crippen LogP contribution in [0.4, 0.5) is 36.3 Å². The first kappa shape index (κ1) is 23.3. The van der Waals surface area contributed by atoms with Crippen LogP contribution in [0.5, 0.6) is 5.75 Å². The summed E-state index contributed by atoms with van der Waals surface area (Å²) >= 11 is 0. The highest BCUT2D eigenvalue weighted by atomic mass is 19.4. The van der Waals surface area contributed by atoms with Gasteiger partial charge in [-0.15, -0.1) is 13.2 Å². The van der Waals surface area contributed by atoms with Crippen molar-refractivity contribution < 1.29 is 22.7 Å². The maximum Gasteiger partial charge on any atom is 0.573 e. The average molecular weight is 471 g/mol. The Labute approximate surface area is 194 Å². The van der Waals surface area contributed by atoms with E-state index in [9.17, 15) is 18.0 Å². The fraction of sp³-hybridized carbons (Fsp3) is 0.292. The van der Waals surface area contributed by atoms with Crippen LogP contribution < -0.4 is 20.7 Å². The first-order chi connectivity index (χ1) is 16.2. The zero-order chi connectivity index (χ0) is 24.1. The van der Waals surface area contributed by atoms with Gasteiger partial charge in [-0.1, -0.05) is 25.0 Å². The number of alkyl halides is 3. The quantitative estimate of drug-likeness (QED) is 0.386. The minimum Gasteiger partial charge on any atom is -0.406 e. The monoisotopic (exact) mass is 471 g/mol. The summed E-state index contributed by atoms with van der Waals surface area (Å²) in [7, 11) is 0. The van der Waals surface area contributed by atoms with Crippen molar-refractivity contribution in [3.05, 3.63) is 54.6 Å². The zero-order valence-corrected chi connectivity index (χ0v) is 18.4. The largest absolute Gasteiger partial charge is 0.573 e. The van der Waals surface area contributed by atoms with Gasteiger partial charge >= 0.3 is 6.36 Å². The third kappa shape index (κ3) is 6.60. The number of anilines is 4. The van der Waals surface area contributed by atoms with Gasteiger partial charge in [0.05, 0.1) is 5.69 Å². The Morgan fingerprint density at radius 2 is 1.71 bits per heavy atom. The van der Waals surface area contributed by atoms with Gasteiger partial charge in [-0.05, 0) is 49.2 Å². The van der Waals surface area contributed by atoms with Crippen LogP contribution >= 0.6 is 0 Å². The summed E-state index contributed by atoms with van der Waals surface area (Å²) < 4.78 is 42.1. The summed E-state index contributed by atoms with van der Waals surface area (Å²) in [5, 5.41) is 9.24. The normalized spacial score (nSPS) is 14.0. The lowest BCUT2D eigenvalue weighted by molar-refractivity contribution is -0.274. The zero-order valence-electron chi connectivity index (χ0n) is 18.4. The predicted molar refractivity (Wildman–Crippen MR) is 124 cm³/mol. The second kappa shape index (κ2) is 9.98. The predicted octanol–water partition coefficient (Wildman–Crippen LogP) is 6.10. The number of aromatic nitrogens is 2. The van der Waals surface area contributed by atoms with Gasteiger partial charge in [-0.2, -0.15) is 4.98 Å². The van der Waals surface area contributed by atoms with Gasteiger partial charge in [0.15, 0.2) is 0 Å². The Hall–Kier alpha value is -3.82. The number of carbonyl (C=O) groups is 1. The molecule has 1 aromatic heterocycles.